The molecule has 0 saturated carbocycles. The molecule has 3 rings (SSSR count). The second kappa shape index (κ2) is 8.34. The molecule has 146 valence electrons. The normalized spacial score (nSPS) is 16.2. The molecule has 27 heavy (non-hydrogen) atoms. The van der Waals surface area contributed by atoms with Gasteiger partial charge in [0, 0.05) is 44.5 Å². The van der Waals surface area contributed by atoms with Gasteiger partial charge in [0.1, 0.15) is 12.1 Å². The predicted molar refractivity (Wildman–Crippen MR) is 102 cm³/mol. The highest BCUT2D eigenvalue weighted by molar-refractivity contribution is 5.87. The zero-order chi connectivity index (χ0) is 19.4. The van der Waals surface area contributed by atoms with E-state index in [1.54, 1.807) is 13.1 Å². The highest BCUT2D eigenvalue weighted by Crippen LogP contribution is 2.28. The number of anilines is 2. The van der Waals surface area contributed by atoms with Crippen LogP contribution in [0.5, 0.6) is 0 Å². The Labute approximate surface area is 158 Å². The van der Waals surface area contributed by atoms with Crippen LogP contribution in [0.4, 0.5) is 20.8 Å². The number of nitrogens with zero attached hydrogens (tertiary/aromatic N) is 5. The first-order chi connectivity index (χ1) is 13.0. The zero-order valence-corrected chi connectivity index (χ0v) is 15.9. The summed E-state index contributed by atoms with van der Waals surface area (Å²) in [4.78, 5) is 20.9. The number of aryl methyl sites for hydroxylation is 1. The van der Waals surface area contributed by atoms with Gasteiger partial charge in [0.2, 0.25) is 5.95 Å². The van der Waals surface area contributed by atoms with Gasteiger partial charge < -0.3 is 15.1 Å². The summed E-state index contributed by atoms with van der Waals surface area (Å²) in [5, 5.41) is 9.41. The van der Waals surface area contributed by atoms with E-state index in [4.69, 9.17) is 0 Å². The highest BCUT2D eigenvalue weighted by atomic mass is 19.1. The molecular formula is C18H26FN7O. The minimum atomic E-state index is -0.412. The molecular weight excluding hydrogens is 349 g/mol. The van der Waals surface area contributed by atoms with E-state index in [0.29, 0.717) is 5.95 Å². The first kappa shape index (κ1) is 19.1. The summed E-state index contributed by atoms with van der Waals surface area (Å²) in [6.45, 7) is 8.74. The van der Waals surface area contributed by atoms with Gasteiger partial charge >= 0.3 is 6.03 Å². The third kappa shape index (κ3) is 4.54. The summed E-state index contributed by atoms with van der Waals surface area (Å²) in [7, 11) is 1.69. The Morgan fingerprint density at radius 1 is 1.30 bits per heavy atom. The summed E-state index contributed by atoms with van der Waals surface area (Å²) in [6.07, 6.45) is 1.36. The summed E-state index contributed by atoms with van der Waals surface area (Å²) in [6, 6.07) is 3.98. The smallest absolute Gasteiger partial charge is 0.322 e. The van der Waals surface area contributed by atoms with Crippen LogP contribution in [0, 0.1) is 5.82 Å². The van der Waals surface area contributed by atoms with Crippen molar-refractivity contribution >= 4 is 17.7 Å². The molecule has 1 aliphatic rings. The summed E-state index contributed by atoms with van der Waals surface area (Å²) >= 11 is 0. The van der Waals surface area contributed by atoms with E-state index in [1.165, 1.54) is 23.1 Å². The van der Waals surface area contributed by atoms with Gasteiger partial charge in [-0.3, -0.25) is 5.32 Å². The fraction of sp³-hybridized carbons (Fsp3) is 0.500. The number of nitrogens with one attached hydrogen (secondary N) is 2. The van der Waals surface area contributed by atoms with E-state index in [2.05, 4.69) is 37.4 Å². The number of hydrogen-bond acceptors (Lipinski definition) is 5. The molecule has 2 amide bonds. The Morgan fingerprint density at radius 3 is 2.67 bits per heavy atom. The molecule has 1 fully saturated rings. The van der Waals surface area contributed by atoms with Gasteiger partial charge in [-0.1, -0.05) is 6.92 Å². The van der Waals surface area contributed by atoms with Crippen molar-refractivity contribution in [2.45, 2.75) is 19.9 Å². The Morgan fingerprint density at radius 2 is 2.04 bits per heavy atom. The maximum absolute atomic E-state index is 13.9. The van der Waals surface area contributed by atoms with Crippen LogP contribution in [0.15, 0.2) is 24.5 Å². The van der Waals surface area contributed by atoms with Crippen LogP contribution in [0.1, 0.15) is 25.5 Å². The van der Waals surface area contributed by atoms with E-state index >= 15 is 0 Å². The van der Waals surface area contributed by atoms with Crippen molar-refractivity contribution in [1.82, 2.24) is 25.0 Å². The average Bonchev–Trinajstić information content (AvgIpc) is 3.06. The molecule has 0 spiro atoms. The molecule has 1 aliphatic heterocycles. The number of benzene rings is 1. The molecule has 1 atom stereocenters. The second-order valence-electron chi connectivity index (χ2n) is 6.65. The maximum Gasteiger partial charge on any atom is 0.322 e. The summed E-state index contributed by atoms with van der Waals surface area (Å²) in [5.74, 6) is 0.0261. The van der Waals surface area contributed by atoms with Crippen molar-refractivity contribution in [3.8, 4) is 0 Å². The van der Waals surface area contributed by atoms with E-state index in [9.17, 15) is 9.18 Å². The minimum absolute atomic E-state index is 0.316. The third-order valence-electron chi connectivity index (χ3n) is 4.90. The second-order valence-corrected chi connectivity index (χ2v) is 6.65. The molecule has 0 bridgehead atoms. The lowest BCUT2D eigenvalue weighted by molar-refractivity contribution is 0.249. The average molecular weight is 375 g/mol. The number of carbonyl (C=O) groups is 1. The lowest BCUT2D eigenvalue weighted by Gasteiger charge is -2.37. The number of amides is 2. The first-order valence-electron chi connectivity index (χ1n) is 9.16. The molecule has 0 aliphatic carbocycles. The van der Waals surface area contributed by atoms with Gasteiger partial charge in [-0.2, -0.15) is 10.1 Å². The molecule has 1 aromatic heterocycles. The van der Waals surface area contributed by atoms with Crippen LogP contribution in [-0.4, -0.2) is 58.4 Å². The number of piperazine rings is 1. The van der Waals surface area contributed by atoms with Crippen LogP contribution >= 0.6 is 0 Å². The number of likely N-dealkylation sites (N-methyl/N-ethyl adjacent to an activating group) is 1. The van der Waals surface area contributed by atoms with Crippen molar-refractivity contribution in [3.63, 3.8) is 0 Å². The van der Waals surface area contributed by atoms with E-state index in [-0.39, 0.29) is 11.9 Å². The van der Waals surface area contributed by atoms with Gasteiger partial charge in [0.25, 0.3) is 0 Å². The minimum Gasteiger partial charge on any atom is -0.369 e. The summed E-state index contributed by atoms with van der Waals surface area (Å²) < 4.78 is 15.4. The molecule has 1 aromatic carbocycles. The summed E-state index contributed by atoms with van der Waals surface area (Å²) in [5.41, 5.74) is 1.71. The number of rotatable bonds is 5. The molecule has 1 unspecified atom stereocenters. The standard InChI is InChI=1S/C18H26FN7O/c1-4-25-7-9-26(10-8-25)16-6-5-14(19)11-15(16)13(2)22-18(27)23-17-20-12-21-24(17)3/h5-6,11-13H,4,7-10H2,1-3H3,(H2,20,21,22,23,27). The lowest BCUT2D eigenvalue weighted by Crippen LogP contribution is -2.46. The molecule has 1 saturated heterocycles. The number of carbonyl (C=O) groups excluding carboxylic acids is 1. The van der Waals surface area contributed by atoms with Gasteiger partial charge in [-0.15, -0.1) is 0 Å². The number of urea groups is 1. The van der Waals surface area contributed by atoms with E-state index < -0.39 is 6.03 Å². The van der Waals surface area contributed by atoms with Crippen molar-refractivity contribution in [2.24, 2.45) is 7.05 Å². The Bertz CT molecular complexity index is 786. The fourth-order valence-electron chi connectivity index (χ4n) is 3.29. The van der Waals surface area contributed by atoms with Crippen LogP contribution < -0.4 is 15.5 Å². The Hall–Kier alpha value is -2.68. The van der Waals surface area contributed by atoms with Gasteiger partial charge in [-0.05, 0) is 31.7 Å². The maximum atomic E-state index is 13.9. The lowest BCUT2D eigenvalue weighted by atomic mass is 10.0. The zero-order valence-electron chi connectivity index (χ0n) is 15.9. The van der Waals surface area contributed by atoms with Gasteiger partial charge in [0.15, 0.2) is 0 Å². The number of halogens is 1. The Balaban J connectivity index is 1.72. The van der Waals surface area contributed by atoms with Gasteiger partial charge in [-0.25, -0.2) is 13.9 Å². The third-order valence-corrected chi connectivity index (χ3v) is 4.90. The predicted octanol–water partition coefficient (Wildman–Crippen LogP) is 1.98. The van der Waals surface area contributed by atoms with E-state index in [1.807, 2.05) is 6.92 Å². The quantitative estimate of drug-likeness (QED) is 0.836. The van der Waals surface area contributed by atoms with Crippen molar-refractivity contribution in [3.05, 3.63) is 35.9 Å². The Kier molecular flexibility index (Phi) is 5.90. The van der Waals surface area contributed by atoms with Crippen molar-refractivity contribution in [2.75, 3.05) is 42.9 Å². The molecule has 2 aromatic rings. The monoisotopic (exact) mass is 375 g/mol. The molecule has 8 nitrogen and oxygen atoms in total. The first-order valence-corrected chi connectivity index (χ1v) is 9.16. The van der Waals surface area contributed by atoms with Crippen LogP contribution in [0.3, 0.4) is 0 Å². The van der Waals surface area contributed by atoms with Crippen LogP contribution in [-0.2, 0) is 7.05 Å². The topological polar surface area (TPSA) is 78.3 Å². The molecule has 0 radical (unpaired) electrons. The van der Waals surface area contributed by atoms with Crippen molar-refractivity contribution in [1.29, 1.82) is 0 Å². The molecule has 2 N–H and O–H groups in total. The number of hydrogen-bond donors (Lipinski definition) is 2. The largest absolute Gasteiger partial charge is 0.369 e. The fourth-order valence-corrected chi connectivity index (χ4v) is 3.29. The van der Waals surface area contributed by atoms with Crippen molar-refractivity contribution < 1.29 is 9.18 Å². The van der Waals surface area contributed by atoms with E-state index in [0.717, 1.165) is 44.0 Å². The number of aromatic nitrogens is 3. The molecule has 2 heterocycles. The van der Waals surface area contributed by atoms with Crippen LogP contribution in [0.25, 0.3) is 0 Å². The van der Waals surface area contributed by atoms with Crippen LogP contribution in [0.2, 0.25) is 0 Å². The molecule has 9 heteroatoms. The SMILES string of the molecule is CCN1CCN(c2ccc(F)cc2C(C)NC(=O)Nc2ncnn2C)CC1. The van der Waals surface area contributed by atoms with Gasteiger partial charge in [0.05, 0.1) is 6.04 Å². The highest BCUT2D eigenvalue weighted by Gasteiger charge is 2.22.